The summed E-state index contributed by atoms with van der Waals surface area (Å²) in [7, 11) is 0. The van der Waals surface area contributed by atoms with Crippen LogP contribution in [0.1, 0.15) is 5.56 Å². The Labute approximate surface area is 121 Å². The highest BCUT2D eigenvalue weighted by Gasteiger charge is 2.49. The van der Waals surface area contributed by atoms with Crippen LogP contribution in [0.25, 0.3) is 0 Å². The van der Waals surface area contributed by atoms with Gasteiger partial charge < -0.3 is 19.3 Å². The van der Waals surface area contributed by atoms with Gasteiger partial charge in [0, 0.05) is 0 Å². The lowest BCUT2D eigenvalue weighted by molar-refractivity contribution is -0.188. The minimum Gasteiger partial charge on any atom is -0.461 e. The SMILES string of the molecule is O=C1OCC2OC(O)CN(C(=O)OCc3ccccc3)C12. The van der Waals surface area contributed by atoms with Crippen molar-refractivity contribution in [3.8, 4) is 0 Å². The van der Waals surface area contributed by atoms with E-state index in [1.165, 1.54) is 0 Å². The van der Waals surface area contributed by atoms with Crippen molar-refractivity contribution in [3.05, 3.63) is 35.9 Å². The van der Waals surface area contributed by atoms with Crippen LogP contribution in [-0.2, 0) is 25.6 Å². The van der Waals surface area contributed by atoms with Crippen LogP contribution < -0.4 is 0 Å². The van der Waals surface area contributed by atoms with Crippen LogP contribution in [0.4, 0.5) is 4.79 Å². The molecular weight excluding hydrogens is 278 g/mol. The number of benzene rings is 1. The second-order valence-electron chi connectivity index (χ2n) is 4.90. The van der Waals surface area contributed by atoms with Gasteiger partial charge in [0.15, 0.2) is 12.3 Å². The molecule has 0 spiro atoms. The molecule has 3 rings (SSSR count). The van der Waals surface area contributed by atoms with Gasteiger partial charge in [-0.25, -0.2) is 9.59 Å². The standard InChI is InChI=1S/C14H15NO6/c16-11-6-15(12-10(21-11)8-19-13(12)17)14(18)20-7-9-4-2-1-3-5-9/h1-5,10-12,16H,6-8H2. The fraction of sp³-hybridized carbons (Fsp3) is 0.429. The number of aliphatic hydroxyl groups is 1. The summed E-state index contributed by atoms with van der Waals surface area (Å²) in [6, 6.07) is 8.35. The number of carbonyl (C=O) groups is 2. The molecule has 0 aliphatic carbocycles. The molecule has 3 atom stereocenters. The number of amides is 1. The molecule has 1 N–H and O–H groups in total. The van der Waals surface area contributed by atoms with Gasteiger partial charge in [-0.05, 0) is 5.56 Å². The van der Waals surface area contributed by atoms with Crippen molar-refractivity contribution < 1.29 is 28.9 Å². The first kappa shape index (κ1) is 13.8. The Kier molecular flexibility index (Phi) is 3.76. The Morgan fingerprint density at radius 1 is 1.38 bits per heavy atom. The second-order valence-corrected chi connectivity index (χ2v) is 4.90. The summed E-state index contributed by atoms with van der Waals surface area (Å²) in [4.78, 5) is 25.0. The molecule has 7 heteroatoms. The van der Waals surface area contributed by atoms with Crippen molar-refractivity contribution in [3.63, 3.8) is 0 Å². The van der Waals surface area contributed by atoms with E-state index in [2.05, 4.69) is 0 Å². The first-order valence-electron chi connectivity index (χ1n) is 6.62. The highest BCUT2D eigenvalue weighted by Crippen LogP contribution is 2.25. The molecule has 2 aliphatic rings. The lowest BCUT2D eigenvalue weighted by atomic mass is 10.1. The Morgan fingerprint density at radius 3 is 2.90 bits per heavy atom. The van der Waals surface area contributed by atoms with Crippen LogP contribution in [0.3, 0.4) is 0 Å². The molecule has 0 saturated carbocycles. The van der Waals surface area contributed by atoms with Gasteiger partial charge in [0.25, 0.3) is 0 Å². The maximum absolute atomic E-state index is 12.1. The zero-order valence-corrected chi connectivity index (χ0v) is 11.2. The molecule has 1 aromatic carbocycles. The minimum absolute atomic E-state index is 0.0308. The highest BCUT2D eigenvalue weighted by atomic mass is 16.6. The molecular formula is C14H15NO6. The maximum atomic E-state index is 12.1. The van der Waals surface area contributed by atoms with Crippen molar-refractivity contribution in [2.75, 3.05) is 13.2 Å². The zero-order valence-electron chi connectivity index (χ0n) is 11.2. The van der Waals surface area contributed by atoms with E-state index in [4.69, 9.17) is 14.2 Å². The summed E-state index contributed by atoms with van der Waals surface area (Å²) >= 11 is 0. The Hall–Kier alpha value is -2.12. The number of hydrogen-bond donors (Lipinski definition) is 1. The van der Waals surface area contributed by atoms with Crippen molar-refractivity contribution in [2.45, 2.75) is 25.0 Å². The summed E-state index contributed by atoms with van der Waals surface area (Å²) in [5, 5.41) is 9.61. The number of aliphatic hydroxyl groups excluding tert-OH is 1. The number of morpholine rings is 1. The van der Waals surface area contributed by atoms with Gasteiger partial charge in [-0.15, -0.1) is 0 Å². The molecule has 112 valence electrons. The molecule has 21 heavy (non-hydrogen) atoms. The van der Waals surface area contributed by atoms with E-state index in [1.54, 1.807) is 0 Å². The van der Waals surface area contributed by atoms with Gasteiger partial charge in [-0.2, -0.15) is 0 Å². The number of ether oxygens (including phenoxy) is 3. The molecule has 0 radical (unpaired) electrons. The van der Waals surface area contributed by atoms with Gasteiger partial charge >= 0.3 is 12.1 Å². The van der Waals surface area contributed by atoms with Crippen LogP contribution in [-0.4, -0.2) is 53.7 Å². The van der Waals surface area contributed by atoms with Crippen molar-refractivity contribution in [1.29, 1.82) is 0 Å². The van der Waals surface area contributed by atoms with Crippen LogP contribution in [0, 0.1) is 0 Å². The van der Waals surface area contributed by atoms with E-state index in [1.807, 2.05) is 30.3 Å². The number of carbonyl (C=O) groups excluding carboxylic acids is 2. The number of esters is 1. The van der Waals surface area contributed by atoms with E-state index < -0.39 is 30.5 Å². The van der Waals surface area contributed by atoms with Gasteiger partial charge in [-0.1, -0.05) is 30.3 Å². The van der Waals surface area contributed by atoms with Crippen LogP contribution >= 0.6 is 0 Å². The monoisotopic (exact) mass is 293 g/mol. The van der Waals surface area contributed by atoms with Crippen molar-refractivity contribution >= 4 is 12.1 Å². The summed E-state index contributed by atoms with van der Waals surface area (Å²) in [6.45, 7) is 0.00642. The molecule has 3 unspecified atom stereocenters. The van der Waals surface area contributed by atoms with E-state index in [0.29, 0.717) is 0 Å². The number of nitrogens with zero attached hydrogens (tertiary/aromatic N) is 1. The summed E-state index contributed by atoms with van der Waals surface area (Å²) in [6.07, 6.45) is -2.47. The average molecular weight is 293 g/mol. The quantitative estimate of drug-likeness (QED) is 0.788. The molecule has 2 heterocycles. The first-order valence-corrected chi connectivity index (χ1v) is 6.62. The topological polar surface area (TPSA) is 85.3 Å². The van der Waals surface area contributed by atoms with Crippen molar-refractivity contribution in [2.24, 2.45) is 0 Å². The highest BCUT2D eigenvalue weighted by molar-refractivity contribution is 5.84. The third-order valence-electron chi connectivity index (χ3n) is 3.44. The lowest BCUT2D eigenvalue weighted by Gasteiger charge is -2.36. The Bertz CT molecular complexity index is 534. The molecule has 2 aliphatic heterocycles. The summed E-state index contributed by atoms with van der Waals surface area (Å²) in [5.41, 5.74) is 0.838. The molecule has 0 bridgehead atoms. The normalized spacial score (nSPS) is 28.0. The minimum atomic E-state index is -1.15. The average Bonchev–Trinajstić information content (AvgIpc) is 2.86. The summed E-state index contributed by atoms with van der Waals surface area (Å²) < 4.78 is 15.2. The Morgan fingerprint density at radius 2 is 2.14 bits per heavy atom. The van der Waals surface area contributed by atoms with Crippen LogP contribution in [0.15, 0.2) is 30.3 Å². The second kappa shape index (κ2) is 5.71. The predicted molar refractivity (Wildman–Crippen MR) is 69.0 cm³/mol. The predicted octanol–water partition coefficient (Wildman–Crippen LogP) is 0.268. The van der Waals surface area contributed by atoms with Crippen LogP contribution in [0.5, 0.6) is 0 Å². The van der Waals surface area contributed by atoms with Gasteiger partial charge in [0.05, 0.1) is 6.54 Å². The largest absolute Gasteiger partial charge is 0.461 e. The maximum Gasteiger partial charge on any atom is 0.411 e. The van der Waals surface area contributed by atoms with Crippen molar-refractivity contribution in [1.82, 2.24) is 4.90 Å². The van der Waals surface area contributed by atoms with Gasteiger partial charge in [0.2, 0.25) is 0 Å². The van der Waals surface area contributed by atoms with Crippen LogP contribution in [0.2, 0.25) is 0 Å². The first-order chi connectivity index (χ1) is 10.1. The molecule has 0 aromatic heterocycles. The van der Waals surface area contributed by atoms with E-state index >= 15 is 0 Å². The molecule has 2 fully saturated rings. The third kappa shape index (κ3) is 2.84. The zero-order chi connectivity index (χ0) is 14.8. The summed E-state index contributed by atoms with van der Waals surface area (Å²) in [5.74, 6) is -0.538. The fourth-order valence-corrected chi connectivity index (χ4v) is 2.45. The lowest BCUT2D eigenvalue weighted by Crippen LogP contribution is -2.57. The number of β-amino-alcohol motifs (C(OH)–C–C–N with tert-alkyl or cyclic N) is 1. The van der Waals surface area contributed by atoms with E-state index in [9.17, 15) is 14.7 Å². The fourth-order valence-electron chi connectivity index (χ4n) is 2.45. The van der Waals surface area contributed by atoms with E-state index in [0.717, 1.165) is 10.5 Å². The number of fused-ring (bicyclic) bond motifs is 1. The number of rotatable bonds is 2. The molecule has 1 aromatic rings. The molecule has 2 saturated heterocycles. The Balaban J connectivity index is 1.66. The molecule has 1 amide bonds. The smallest absolute Gasteiger partial charge is 0.411 e. The number of cyclic esters (lactones) is 1. The third-order valence-corrected chi connectivity index (χ3v) is 3.44. The van der Waals surface area contributed by atoms with Gasteiger partial charge in [0.1, 0.15) is 19.3 Å². The van der Waals surface area contributed by atoms with Gasteiger partial charge in [-0.3, -0.25) is 4.90 Å². The number of hydrogen-bond acceptors (Lipinski definition) is 6. The van der Waals surface area contributed by atoms with E-state index in [-0.39, 0.29) is 19.8 Å². The molecule has 7 nitrogen and oxygen atoms in total.